The summed E-state index contributed by atoms with van der Waals surface area (Å²) in [6.07, 6.45) is 0.821. The first-order chi connectivity index (χ1) is 8.65. The lowest BCUT2D eigenvalue weighted by Crippen LogP contribution is -2.06. The Bertz CT molecular complexity index is 542. The van der Waals surface area contributed by atoms with Gasteiger partial charge < -0.3 is 5.11 Å². The van der Waals surface area contributed by atoms with Crippen LogP contribution in [0.4, 0.5) is 0 Å². The molecule has 2 aromatic rings. The highest BCUT2D eigenvalue weighted by Crippen LogP contribution is 2.23. The number of thiophene rings is 1. The van der Waals surface area contributed by atoms with Gasteiger partial charge in [0.1, 0.15) is 0 Å². The van der Waals surface area contributed by atoms with E-state index in [0.717, 1.165) is 22.0 Å². The highest BCUT2D eigenvalue weighted by Gasteiger charge is 2.09. The number of halogens is 1. The molecule has 0 aromatic carbocycles. The van der Waals surface area contributed by atoms with Crippen LogP contribution in [-0.4, -0.2) is 37.0 Å². The van der Waals surface area contributed by atoms with Crippen LogP contribution in [0.25, 0.3) is 0 Å². The number of carbonyl (C=O) groups is 1. The van der Waals surface area contributed by atoms with Gasteiger partial charge in [-0.2, -0.15) is 0 Å². The quantitative estimate of drug-likeness (QED) is 0.803. The second-order valence-corrected chi connectivity index (χ2v) is 6.81. The maximum Gasteiger partial charge on any atom is 0.313 e. The van der Waals surface area contributed by atoms with Crippen molar-refractivity contribution in [2.24, 2.45) is 0 Å². The van der Waals surface area contributed by atoms with Crippen LogP contribution in [0.1, 0.15) is 4.88 Å². The molecule has 0 aliphatic carbocycles. The zero-order chi connectivity index (χ0) is 13.0. The largest absolute Gasteiger partial charge is 0.481 e. The van der Waals surface area contributed by atoms with E-state index in [-0.39, 0.29) is 5.75 Å². The maximum absolute atomic E-state index is 10.5. The summed E-state index contributed by atoms with van der Waals surface area (Å²) >= 11 is 6.20. The number of thioether (sulfide) groups is 1. The van der Waals surface area contributed by atoms with E-state index in [4.69, 9.17) is 5.11 Å². The van der Waals surface area contributed by atoms with Crippen molar-refractivity contribution in [2.75, 3.05) is 5.75 Å². The van der Waals surface area contributed by atoms with Crippen molar-refractivity contribution in [3.05, 3.63) is 20.8 Å². The fourth-order valence-corrected chi connectivity index (χ4v) is 3.36. The third-order valence-electron chi connectivity index (χ3n) is 2.02. The predicted octanol–water partition coefficient (Wildman–Crippen LogP) is 1.92. The van der Waals surface area contributed by atoms with Crippen molar-refractivity contribution in [3.8, 4) is 0 Å². The average Bonchev–Trinajstić information content (AvgIpc) is 2.92. The summed E-state index contributed by atoms with van der Waals surface area (Å²) in [4.78, 5) is 11.7. The summed E-state index contributed by atoms with van der Waals surface area (Å²) in [5.74, 6) is -0.915. The molecule has 9 heteroatoms. The number of hydrogen-bond acceptors (Lipinski definition) is 6. The summed E-state index contributed by atoms with van der Waals surface area (Å²) in [6.45, 7) is 0.641. The second kappa shape index (κ2) is 6.30. The predicted molar refractivity (Wildman–Crippen MR) is 71.9 cm³/mol. The molecule has 0 spiro atoms. The van der Waals surface area contributed by atoms with Crippen LogP contribution >= 0.6 is 39.0 Å². The van der Waals surface area contributed by atoms with Crippen LogP contribution in [0, 0.1) is 0 Å². The SMILES string of the molecule is O=C(O)CSc1nnnn1CCc1ccc(Br)s1. The molecule has 0 atom stereocenters. The average molecular weight is 349 g/mol. The van der Waals surface area contributed by atoms with Crippen molar-refractivity contribution in [2.45, 2.75) is 18.1 Å². The van der Waals surface area contributed by atoms with E-state index in [1.807, 2.05) is 12.1 Å². The van der Waals surface area contributed by atoms with E-state index in [1.54, 1.807) is 16.0 Å². The number of tetrazole rings is 1. The van der Waals surface area contributed by atoms with Gasteiger partial charge in [-0.25, -0.2) is 4.68 Å². The molecular weight excluding hydrogens is 340 g/mol. The number of aliphatic carboxylic acids is 1. The van der Waals surface area contributed by atoms with E-state index in [0.29, 0.717) is 11.7 Å². The zero-order valence-electron chi connectivity index (χ0n) is 9.11. The third kappa shape index (κ3) is 3.79. The van der Waals surface area contributed by atoms with E-state index in [2.05, 4.69) is 31.5 Å². The molecule has 0 aliphatic heterocycles. The van der Waals surface area contributed by atoms with Crippen LogP contribution in [0.15, 0.2) is 21.1 Å². The Labute approximate surface area is 120 Å². The van der Waals surface area contributed by atoms with Crippen LogP contribution in [0.5, 0.6) is 0 Å². The zero-order valence-corrected chi connectivity index (χ0v) is 12.3. The molecule has 0 unspecified atom stereocenters. The van der Waals surface area contributed by atoms with E-state index >= 15 is 0 Å². The van der Waals surface area contributed by atoms with Gasteiger partial charge in [0.05, 0.1) is 16.1 Å². The Morgan fingerprint density at radius 3 is 3.06 bits per heavy atom. The van der Waals surface area contributed by atoms with Gasteiger partial charge in [0, 0.05) is 11.3 Å². The lowest BCUT2D eigenvalue weighted by Gasteiger charge is -2.01. The molecule has 2 heterocycles. The standard InChI is InChI=1S/C9H9BrN4O2S2/c10-7-2-1-6(18-7)3-4-14-9(11-12-13-14)17-5-8(15)16/h1-2H,3-5H2,(H,15,16). The Morgan fingerprint density at radius 2 is 2.39 bits per heavy atom. The number of hydrogen-bond donors (Lipinski definition) is 1. The highest BCUT2D eigenvalue weighted by atomic mass is 79.9. The first-order valence-corrected chi connectivity index (χ1v) is 7.59. The van der Waals surface area contributed by atoms with Gasteiger partial charge in [0.15, 0.2) is 0 Å². The van der Waals surface area contributed by atoms with Crippen LogP contribution < -0.4 is 0 Å². The van der Waals surface area contributed by atoms with Crippen LogP contribution in [0.2, 0.25) is 0 Å². The number of aromatic nitrogens is 4. The van der Waals surface area contributed by atoms with Gasteiger partial charge in [0.2, 0.25) is 5.16 Å². The summed E-state index contributed by atoms with van der Waals surface area (Å²) in [6, 6.07) is 4.04. The van der Waals surface area contributed by atoms with E-state index < -0.39 is 5.97 Å². The molecular formula is C9H9BrN4O2S2. The first-order valence-electron chi connectivity index (χ1n) is 5.00. The highest BCUT2D eigenvalue weighted by molar-refractivity contribution is 9.11. The van der Waals surface area contributed by atoms with Crippen molar-refractivity contribution in [1.29, 1.82) is 0 Å². The number of nitrogens with zero attached hydrogens (tertiary/aromatic N) is 4. The molecule has 0 amide bonds. The minimum atomic E-state index is -0.878. The molecule has 2 aromatic heterocycles. The molecule has 96 valence electrons. The molecule has 6 nitrogen and oxygen atoms in total. The van der Waals surface area contributed by atoms with Crippen molar-refractivity contribution >= 4 is 45.0 Å². The third-order valence-corrected chi connectivity index (χ3v) is 4.65. The Balaban J connectivity index is 1.93. The molecule has 0 aliphatic rings. The Kier molecular flexibility index (Phi) is 4.72. The number of carboxylic acids is 1. The summed E-state index contributed by atoms with van der Waals surface area (Å²) in [5.41, 5.74) is 0. The molecule has 0 saturated heterocycles. The monoisotopic (exact) mass is 348 g/mol. The minimum absolute atomic E-state index is 0.0368. The number of rotatable bonds is 6. The molecule has 0 radical (unpaired) electrons. The van der Waals surface area contributed by atoms with Gasteiger partial charge in [-0.1, -0.05) is 11.8 Å². The van der Waals surface area contributed by atoms with Crippen molar-refractivity contribution in [1.82, 2.24) is 20.2 Å². The lowest BCUT2D eigenvalue weighted by atomic mass is 10.3. The maximum atomic E-state index is 10.5. The molecule has 1 N–H and O–H groups in total. The summed E-state index contributed by atoms with van der Waals surface area (Å²) in [7, 11) is 0. The van der Waals surface area contributed by atoms with Gasteiger partial charge in [-0.15, -0.1) is 16.4 Å². The molecule has 0 bridgehead atoms. The van der Waals surface area contributed by atoms with E-state index in [1.165, 1.54) is 4.88 Å². The Morgan fingerprint density at radius 1 is 1.56 bits per heavy atom. The lowest BCUT2D eigenvalue weighted by molar-refractivity contribution is -0.133. The van der Waals surface area contributed by atoms with Gasteiger partial charge >= 0.3 is 5.97 Å². The summed E-state index contributed by atoms with van der Waals surface area (Å²) < 4.78 is 2.72. The molecule has 2 rings (SSSR count). The van der Waals surface area contributed by atoms with Gasteiger partial charge in [-0.3, -0.25) is 4.79 Å². The first kappa shape index (κ1) is 13.5. The fraction of sp³-hybridized carbons (Fsp3) is 0.333. The van der Waals surface area contributed by atoms with Crippen molar-refractivity contribution < 1.29 is 9.90 Å². The van der Waals surface area contributed by atoms with Gasteiger partial charge in [0.25, 0.3) is 0 Å². The van der Waals surface area contributed by atoms with Crippen LogP contribution in [0.3, 0.4) is 0 Å². The van der Waals surface area contributed by atoms with E-state index in [9.17, 15) is 4.79 Å². The summed E-state index contributed by atoms with van der Waals surface area (Å²) in [5, 5.41) is 20.4. The smallest absolute Gasteiger partial charge is 0.313 e. The molecule has 0 saturated carbocycles. The molecule has 0 fully saturated rings. The number of aryl methyl sites for hydroxylation is 2. The van der Waals surface area contributed by atoms with Gasteiger partial charge in [-0.05, 0) is 38.5 Å². The normalized spacial score (nSPS) is 10.7. The second-order valence-electron chi connectivity index (χ2n) is 3.32. The fourth-order valence-electron chi connectivity index (χ4n) is 1.27. The number of carboxylic acid groups (broad SMARTS) is 1. The van der Waals surface area contributed by atoms with Crippen LogP contribution in [-0.2, 0) is 17.8 Å². The van der Waals surface area contributed by atoms with Crippen molar-refractivity contribution in [3.63, 3.8) is 0 Å². The topological polar surface area (TPSA) is 80.9 Å². The minimum Gasteiger partial charge on any atom is -0.481 e. The Hall–Kier alpha value is -0.930. The molecule has 18 heavy (non-hydrogen) atoms.